The second-order valence-corrected chi connectivity index (χ2v) is 4.74. The summed E-state index contributed by atoms with van der Waals surface area (Å²) in [4.78, 5) is 0. The van der Waals surface area contributed by atoms with Gasteiger partial charge in [-0.05, 0) is 31.3 Å². The number of aliphatic hydroxyl groups is 1. The van der Waals surface area contributed by atoms with Crippen LogP contribution in [0.3, 0.4) is 0 Å². The van der Waals surface area contributed by atoms with Crippen LogP contribution in [0, 0.1) is 11.8 Å². The fourth-order valence-corrected chi connectivity index (χ4v) is 1.96. The van der Waals surface area contributed by atoms with Gasteiger partial charge in [0.15, 0.2) is 0 Å². The minimum Gasteiger partial charge on any atom is -0.388 e. The van der Waals surface area contributed by atoms with Crippen molar-refractivity contribution >= 4 is 0 Å². The summed E-state index contributed by atoms with van der Waals surface area (Å²) >= 11 is 0. The van der Waals surface area contributed by atoms with Crippen LogP contribution >= 0.6 is 0 Å². The van der Waals surface area contributed by atoms with Crippen LogP contribution in [0.4, 0.5) is 0 Å². The number of hydrogen-bond donors (Lipinski definition) is 1. The van der Waals surface area contributed by atoms with Gasteiger partial charge in [0, 0.05) is 19.1 Å². The molecule has 0 spiro atoms. The molecular weight excluding hydrogens is 240 g/mol. The second-order valence-electron chi connectivity index (χ2n) is 4.74. The lowest BCUT2D eigenvalue weighted by Crippen LogP contribution is -2.08. The number of hydrogen-bond acceptors (Lipinski definition) is 3. The highest BCUT2D eigenvalue weighted by molar-refractivity contribution is 5.29. The molecule has 3 nitrogen and oxygen atoms in total. The van der Waals surface area contributed by atoms with E-state index in [-0.39, 0.29) is 0 Å². The normalized spacial score (nSPS) is 24.4. The maximum Gasteiger partial charge on any atom is 0.146 e. The molecule has 1 N–H and O–H groups in total. The van der Waals surface area contributed by atoms with Gasteiger partial charge in [0.25, 0.3) is 0 Å². The van der Waals surface area contributed by atoms with Crippen LogP contribution in [0.25, 0.3) is 0 Å². The number of rotatable bonds is 4. The van der Waals surface area contributed by atoms with Gasteiger partial charge in [0.1, 0.15) is 6.79 Å². The molecule has 1 rings (SSSR count). The van der Waals surface area contributed by atoms with Gasteiger partial charge >= 0.3 is 0 Å². The topological polar surface area (TPSA) is 38.7 Å². The summed E-state index contributed by atoms with van der Waals surface area (Å²) in [5, 5.41) is 9.84. The zero-order chi connectivity index (χ0) is 13.9. The lowest BCUT2D eigenvalue weighted by atomic mass is 10.0. The van der Waals surface area contributed by atoms with E-state index in [1.807, 2.05) is 0 Å². The second kappa shape index (κ2) is 9.80. The third-order valence-corrected chi connectivity index (χ3v) is 3.07. The van der Waals surface area contributed by atoms with Crippen molar-refractivity contribution in [3.05, 3.63) is 23.8 Å². The Bertz CT molecular complexity index is 360. The molecule has 1 atom stereocenters. The van der Waals surface area contributed by atoms with Gasteiger partial charge < -0.3 is 14.6 Å². The first-order valence-corrected chi connectivity index (χ1v) is 6.84. The maximum atomic E-state index is 9.84. The molecule has 0 aliphatic heterocycles. The van der Waals surface area contributed by atoms with Crippen molar-refractivity contribution in [2.24, 2.45) is 0 Å². The molecule has 0 amide bonds. The molecular formula is C16H24O3. The molecule has 106 valence electrons. The van der Waals surface area contributed by atoms with E-state index >= 15 is 0 Å². The zero-order valence-corrected chi connectivity index (χ0v) is 11.8. The summed E-state index contributed by atoms with van der Waals surface area (Å²) in [6.45, 7) is 4.77. The third kappa shape index (κ3) is 7.17. The number of methoxy groups -OCH3 is 1. The standard InChI is InChI=1S/C16H24O3/c1-14-8-4-3-5-9-15(12-19-13-18-2)10-6-7-11-16(14)17/h9,16-17H,1,3,5-7,10-13H2,2H3/b15-9-. The molecule has 0 bridgehead atoms. The highest BCUT2D eigenvalue weighted by Crippen LogP contribution is 2.15. The Hall–Kier alpha value is -1.08. The van der Waals surface area contributed by atoms with Crippen LogP contribution in [0.2, 0.25) is 0 Å². The minimum absolute atomic E-state index is 0.329. The Kier molecular flexibility index (Phi) is 8.24. The number of allylic oxidation sites excluding steroid dienone is 1. The monoisotopic (exact) mass is 264 g/mol. The molecule has 3 heteroatoms. The van der Waals surface area contributed by atoms with E-state index in [2.05, 4.69) is 24.5 Å². The Balaban J connectivity index is 2.51. The van der Waals surface area contributed by atoms with Crippen LogP contribution in [-0.4, -0.2) is 31.7 Å². The molecule has 1 aliphatic rings. The first-order chi connectivity index (χ1) is 9.24. The van der Waals surface area contributed by atoms with Crippen LogP contribution in [0.5, 0.6) is 0 Å². The van der Waals surface area contributed by atoms with Gasteiger partial charge in [0.05, 0.1) is 12.7 Å². The summed E-state index contributed by atoms with van der Waals surface area (Å²) in [6.07, 6.45) is 7.22. The van der Waals surface area contributed by atoms with E-state index in [0.29, 0.717) is 19.0 Å². The lowest BCUT2D eigenvalue weighted by Gasteiger charge is -2.12. The molecule has 19 heavy (non-hydrogen) atoms. The van der Waals surface area contributed by atoms with Crippen LogP contribution in [0.15, 0.2) is 23.8 Å². The van der Waals surface area contributed by atoms with E-state index in [1.165, 1.54) is 5.57 Å². The van der Waals surface area contributed by atoms with Crippen molar-refractivity contribution in [1.82, 2.24) is 0 Å². The molecule has 0 aromatic heterocycles. The summed E-state index contributed by atoms with van der Waals surface area (Å²) in [7, 11) is 1.62. The Morgan fingerprint density at radius 2 is 2.32 bits per heavy atom. The average Bonchev–Trinajstić information content (AvgIpc) is 2.40. The smallest absolute Gasteiger partial charge is 0.146 e. The largest absolute Gasteiger partial charge is 0.388 e. The van der Waals surface area contributed by atoms with Gasteiger partial charge in [-0.3, -0.25) is 0 Å². The van der Waals surface area contributed by atoms with Crippen molar-refractivity contribution in [2.45, 2.75) is 44.6 Å². The highest BCUT2D eigenvalue weighted by atomic mass is 16.7. The SMILES string of the molecule is C=C1C#CCC/C=C(\COCOC)CCCCC1O. The van der Waals surface area contributed by atoms with Crippen molar-refractivity contribution < 1.29 is 14.6 Å². The Morgan fingerprint density at radius 1 is 1.47 bits per heavy atom. The van der Waals surface area contributed by atoms with Crippen molar-refractivity contribution in [3.8, 4) is 11.8 Å². The maximum absolute atomic E-state index is 9.84. The van der Waals surface area contributed by atoms with Crippen molar-refractivity contribution in [3.63, 3.8) is 0 Å². The molecule has 0 heterocycles. The predicted molar refractivity (Wildman–Crippen MR) is 76.5 cm³/mol. The van der Waals surface area contributed by atoms with E-state index in [4.69, 9.17) is 9.47 Å². The van der Waals surface area contributed by atoms with Gasteiger partial charge in [-0.2, -0.15) is 0 Å². The van der Waals surface area contributed by atoms with E-state index in [0.717, 1.165) is 38.5 Å². The zero-order valence-electron chi connectivity index (χ0n) is 11.8. The van der Waals surface area contributed by atoms with Crippen molar-refractivity contribution in [1.29, 1.82) is 0 Å². The first kappa shape index (κ1) is 16.0. The number of ether oxygens (including phenoxy) is 2. The molecule has 0 aromatic rings. The quantitative estimate of drug-likeness (QED) is 0.367. The van der Waals surface area contributed by atoms with Gasteiger partial charge in [0.2, 0.25) is 0 Å². The summed E-state index contributed by atoms with van der Waals surface area (Å²) in [5.41, 5.74) is 1.95. The summed E-state index contributed by atoms with van der Waals surface area (Å²) in [6, 6.07) is 0. The highest BCUT2D eigenvalue weighted by Gasteiger charge is 2.07. The molecule has 0 radical (unpaired) electrons. The van der Waals surface area contributed by atoms with Crippen LogP contribution in [-0.2, 0) is 9.47 Å². The van der Waals surface area contributed by atoms with Gasteiger partial charge in [-0.1, -0.05) is 30.9 Å². The lowest BCUT2D eigenvalue weighted by molar-refractivity contribution is -0.0218. The van der Waals surface area contributed by atoms with E-state index < -0.39 is 6.10 Å². The Labute approximate surface area is 116 Å². The summed E-state index contributed by atoms with van der Waals surface area (Å²) in [5.74, 6) is 5.99. The minimum atomic E-state index is -0.482. The Morgan fingerprint density at radius 3 is 3.11 bits per heavy atom. The van der Waals surface area contributed by atoms with Gasteiger partial charge in [-0.15, -0.1) is 0 Å². The molecule has 1 aliphatic carbocycles. The average molecular weight is 264 g/mol. The molecule has 0 saturated carbocycles. The molecule has 0 saturated heterocycles. The van der Waals surface area contributed by atoms with E-state index in [9.17, 15) is 5.11 Å². The van der Waals surface area contributed by atoms with Crippen LogP contribution in [0.1, 0.15) is 38.5 Å². The van der Waals surface area contributed by atoms with E-state index in [1.54, 1.807) is 7.11 Å². The van der Waals surface area contributed by atoms with Gasteiger partial charge in [-0.25, -0.2) is 0 Å². The predicted octanol–water partition coefficient (Wildman–Crippen LogP) is 2.81. The van der Waals surface area contributed by atoms with Crippen LogP contribution < -0.4 is 0 Å². The molecule has 1 unspecified atom stereocenters. The molecule has 0 aromatic carbocycles. The fourth-order valence-electron chi connectivity index (χ4n) is 1.96. The van der Waals surface area contributed by atoms with Crippen molar-refractivity contribution in [2.75, 3.05) is 20.5 Å². The first-order valence-electron chi connectivity index (χ1n) is 6.84. The summed E-state index contributed by atoms with van der Waals surface area (Å²) < 4.78 is 10.3. The molecule has 0 fully saturated rings. The third-order valence-electron chi connectivity index (χ3n) is 3.07. The number of aliphatic hydroxyl groups excluding tert-OH is 1. The fraction of sp³-hybridized carbons (Fsp3) is 0.625.